The van der Waals surface area contributed by atoms with Gasteiger partial charge in [0.05, 0.1) is 5.29 Å². The lowest BCUT2D eigenvalue weighted by Gasteiger charge is -2.07. The summed E-state index contributed by atoms with van der Waals surface area (Å²) >= 11 is 0. The van der Waals surface area contributed by atoms with Crippen molar-refractivity contribution in [3.8, 4) is 0 Å². The van der Waals surface area contributed by atoms with E-state index in [0.717, 1.165) is 5.01 Å². The molecule has 0 fully saturated rings. The van der Waals surface area contributed by atoms with Crippen LogP contribution < -0.4 is 0 Å². The first kappa shape index (κ1) is 7.32. The average Bonchev–Trinajstić information content (AvgIpc) is 1.83. The Kier molecular flexibility index (Phi) is 4.10. The maximum Gasteiger partial charge on any atom is 0.172 e. The van der Waals surface area contributed by atoms with E-state index in [9.17, 15) is 4.91 Å². The van der Waals surface area contributed by atoms with Crippen molar-refractivity contribution in [3.05, 3.63) is 4.91 Å². The van der Waals surface area contributed by atoms with Gasteiger partial charge in [-0.05, 0) is 6.92 Å². The Morgan fingerprint density at radius 2 is 2.50 bits per heavy atom. The van der Waals surface area contributed by atoms with Crippen molar-refractivity contribution < 1.29 is 10.1 Å². The molecule has 0 aromatic carbocycles. The van der Waals surface area contributed by atoms with Crippen LogP contribution in [0.1, 0.15) is 6.92 Å². The van der Waals surface area contributed by atoms with Gasteiger partial charge in [0.2, 0.25) is 0 Å². The predicted octanol–water partition coefficient (Wildman–Crippen LogP) is 0.437. The quantitative estimate of drug-likeness (QED) is 0.253. The van der Waals surface area contributed by atoms with Crippen LogP contribution in [-0.4, -0.2) is 23.5 Å². The van der Waals surface area contributed by atoms with Crippen molar-refractivity contribution >= 4 is 0 Å². The van der Waals surface area contributed by atoms with Gasteiger partial charge in [-0.25, -0.2) is 15.2 Å². The Morgan fingerprint density at radius 3 is 2.62 bits per heavy atom. The third-order valence-electron chi connectivity index (χ3n) is 0.687. The van der Waals surface area contributed by atoms with Crippen LogP contribution in [0, 0.1) is 4.91 Å². The Hall–Kier alpha value is -0.680. The molecule has 0 rings (SSSR count). The Balaban J connectivity index is 3.21. The zero-order chi connectivity index (χ0) is 6.41. The van der Waals surface area contributed by atoms with Crippen LogP contribution in [0.15, 0.2) is 5.29 Å². The summed E-state index contributed by atoms with van der Waals surface area (Å²) in [5, 5.41) is 11.3. The molecule has 0 amide bonds. The van der Waals surface area contributed by atoms with Crippen LogP contribution in [0.3, 0.4) is 0 Å². The highest BCUT2D eigenvalue weighted by atomic mass is 17.1. The lowest BCUT2D eigenvalue weighted by molar-refractivity contribution is -0.269. The van der Waals surface area contributed by atoms with Gasteiger partial charge in [0.15, 0.2) is 6.73 Å². The van der Waals surface area contributed by atoms with Crippen LogP contribution in [0.5, 0.6) is 0 Å². The molecule has 5 heteroatoms. The van der Waals surface area contributed by atoms with Crippen LogP contribution in [0.4, 0.5) is 0 Å². The highest BCUT2D eigenvalue weighted by molar-refractivity contribution is 4.34. The zero-order valence-electron chi connectivity index (χ0n) is 4.57. The highest BCUT2D eigenvalue weighted by Gasteiger charge is 1.94. The topological polar surface area (TPSA) is 62.1 Å². The zero-order valence-corrected chi connectivity index (χ0v) is 4.57. The van der Waals surface area contributed by atoms with Gasteiger partial charge in [-0.3, -0.25) is 0 Å². The molecular weight excluding hydrogens is 112 g/mol. The minimum absolute atomic E-state index is 0.167. The summed E-state index contributed by atoms with van der Waals surface area (Å²) in [4.78, 5) is 13.2. The Labute approximate surface area is 46.7 Å². The molecule has 0 saturated carbocycles. The van der Waals surface area contributed by atoms with E-state index >= 15 is 0 Å². The van der Waals surface area contributed by atoms with Crippen LogP contribution in [0.2, 0.25) is 0 Å². The summed E-state index contributed by atoms with van der Waals surface area (Å²) in [6, 6.07) is 0. The van der Waals surface area contributed by atoms with Crippen molar-refractivity contribution in [2.24, 2.45) is 5.29 Å². The number of hydrogen-bond acceptors (Lipinski definition) is 4. The fourth-order valence-electron chi connectivity index (χ4n) is 0.239. The average molecular weight is 120 g/mol. The largest absolute Gasteiger partial charge is 0.250 e. The lowest BCUT2D eigenvalue weighted by atomic mass is 10.7. The fraction of sp³-hybridized carbons (Fsp3) is 1.00. The van der Waals surface area contributed by atoms with Gasteiger partial charge in [0, 0.05) is 6.54 Å². The van der Waals surface area contributed by atoms with Crippen LogP contribution in [0.25, 0.3) is 0 Å². The molecule has 0 aliphatic carbocycles. The monoisotopic (exact) mass is 120 g/mol. The molecule has 0 aliphatic heterocycles. The molecule has 5 nitrogen and oxygen atoms in total. The van der Waals surface area contributed by atoms with E-state index in [1.807, 2.05) is 0 Å². The van der Waals surface area contributed by atoms with Gasteiger partial charge in [-0.2, -0.15) is 0 Å². The Morgan fingerprint density at radius 1 is 1.88 bits per heavy atom. The van der Waals surface area contributed by atoms with Gasteiger partial charge in [-0.15, -0.1) is 4.91 Å². The first-order valence-corrected chi connectivity index (χ1v) is 2.19. The molecule has 48 valence electrons. The molecule has 0 saturated heterocycles. The van der Waals surface area contributed by atoms with Crippen LogP contribution >= 0.6 is 0 Å². The molecule has 0 heterocycles. The Bertz CT molecular complexity index is 67.5. The van der Waals surface area contributed by atoms with Crippen molar-refractivity contribution in [2.45, 2.75) is 6.92 Å². The molecule has 0 bridgehead atoms. The molecule has 0 radical (unpaired) electrons. The maximum absolute atomic E-state index is 9.61. The summed E-state index contributed by atoms with van der Waals surface area (Å²) in [5.41, 5.74) is 0. The van der Waals surface area contributed by atoms with Crippen molar-refractivity contribution in [1.82, 2.24) is 5.01 Å². The van der Waals surface area contributed by atoms with E-state index in [4.69, 9.17) is 5.26 Å². The first-order valence-electron chi connectivity index (χ1n) is 2.19. The molecule has 0 aliphatic rings. The molecular formula is C3H8N2O3. The summed E-state index contributed by atoms with van der Waals surface area (Å²) in [7, 11) is 0. The van der Waals surface area contributed by atoms with Gasteiger partial charge >= 0.3 is 0 Å². The molecule has 0 spiro atoms. The third-order valence-corrected chi connectivity index (χ3v) is 0.687. The van der Waals surface area contributed by atoms with Crippen LogP contribution in [-0.2, 0) is 4.89 Å². The molecule has 0 unspecified atom stereocenters. The summed E-state index contributed by atoms with van der Waals surface area (Å²) in [6.45, 7) is 1.99. The van der Waals surface area contributed by atoms with E-state index in [1.54, 1.807) is 6.92 Å². The second-order valence-electron chi connectivity index (χ2n) is 1.16. The third kappa shape index (κ3) is 2.49. The van der Waals surface area contributed by atoms with E-state index in [1.165, 1.54) is 0 Å². The normalized spacial score (nSPS) is 8.75. The van der Waals surface area contributed by atoms with Gasteiger partial charge in [-0.1, -0.05) is 0 Å². The molecule has 0 aromatic heterocycles. The highest BCUT2D eigenvalue weighted by Crippen LogP contribution is 1.84. The summed E-state index contributed by atoms with van der Waals surface area (Å²) in [6.07, 6.45) is 0. The van der Waals surface area contributed by atoms with Gasteiger partial charge in [0.1, 0.15) is 0 Å². The summed E-state index contributed by atoms with van der Waals surface area (Å²) in [5.74, 6) is 0. The van der Waals surface area contributed by atoms with Gasteiger partial charge in [0.25, 0.3) is 0 Å². The van der Waals surface area contributed by atoms with Crippen molar-refractivity contribution in [3.63, 3.8) is 0 Å². The smallest absolute Gasteiger partial charge is 0.172 e. The standard InChI is InChI=1S/C3H8N2O3/c1-2-5(4-6)3-8-7/h7H,2-3H2,1H3. The number of rotatable bonds is 4. The summed E-state index contributed by atoms with van der Waals surface area (Å²) < 4.78 is 0. The predicted molar refractivity (Wildman–Crippen MR) is 26.8 cm³/mol. The van der Waals surface area contributed by atoms with E-state index in [0.29, 0.717) is 6.54 Å². The minimum Gasteiger partial charge on any atom is -0.250 e. The first-order chi connectivity index (χ1) is 3.85. The van der Waals surface area contributed by atoms with E-state index in [-0.39, 0.29) is 6.73 Å². The van der Waals surface area contributed by atoms with Crippen molar-refractivity contribution in [2.75, 3.05) is 13.3 Å². The molecule has 0 aromatic rings. The van der Waals surface area contributed by atoms with E-state index in [2.05, 4.69) is 10.2 Å². The number of hydrogen-bond donors (Lipinski definition) is 1. The van der Waals surface area contributed by atoms with Gasteiger partial charge < -0.3 is 0 Å². The maximum atomic E-state index is 9.61. The SMILES string of the molecule is CCN(COO)N=O. The van der Waals surface area contributed by atoms with Crippen molar-refractivity contribution in [1.29, 1.82) is 0 Å². The molecule has 1 N–H and O–H groups in total. The second kappa shape index (κ2) is 4.48. The minimum atomic E-state index is -0.167. The lowest BCUT2D eigenvalue weighted by Crippen LogP contribution is -2.18. The fourth-order valence-corrected chi connectivity index (χ4v) is 0.239. The molecule has 0 atom stereocenters. The van der Waals surface area contributed by atoms with E-state index < -0.39 is 0 Å². The second-order valence-corrected chi connectivity index (χ2v) is 1.16. The number of nitroso groups, excluding NO2 is 1. The number of nitrogens with zero attached hydrogens (tertiary/aromatic N) is 2. The molecule has 8 heavy (non-hydrogen) atoms.